The Morgan fingerprint density at radius 3 is 2.06 bits per heavy atom. The molecule has 96 valence electrons. The summed E-state index contributed by atoms with van der Waals surface area (Å²) < 4.78 is 16.0. The quantitative estimate of drug-likeness (QED) is 0.440. The second kappa shape index (κ2) is 11.5. The lowest BCUT2D eigenvalue weighted by molar-refractivity contribution is 0.230. The summed E-state index contributed by atoms with van der Waals surface area (Å²) >= 11 is 0. The molecule has 0 heterocycles. The Balaban J connectivity index is 3.07. The highest BCUT2D eigenvalue weighted by Crippen LogP contribution is 2.27. The molecular formula is C12H26O3P+. The molecule has 0 bridgehead atoms. The van der Waals surface area contributed by atoms with Gasteiger partial charge in [0.25, 0.3) is 5.85 Å². The molecule has 0 aliphatic heterocycles. The fourth-order valence-corrected chi connectivity index (χ4v) is 2.02. The van der Waals surface area contributed by atoms with Crippen LogP contribution in [0, 0.1) is 0 Å². The molecule has 2 atom stereocenters. The largest absolute Gasteiger partial charge is 0.539 e. The van der Waals surface area contributed by atoms with E-state index in [4.69, 9.17) is 9.63 Å². The van der Waals surface area contributed by atoms with E-state index in [1.807, 2.05) is 0 Å². The average molecular weight is 249 g/mol. The predicted octanol–water partition coefficient (Wildman–Crippen LogP) is 4.22. The monoisotopic (exact) mass is 249 g/mol. The van der Waals surface area contributed by atoms with Crippen molar-refractivity contribution < 1.29 is 14.2 Å². The summed E-state index contributed by atoms with van der Waals surface area (Å²) in [6.07, 6.45) is 9.92. The topological polar surface area (TPSA) is 46.5 Å². The van der Waals surface area contributed by atoms with E-state index >= 15 is 0 Å². The molecule has 0 aliphatic rings. The summed E-state index contributed by atoms with van der Waals surface area (Å²) in [6, 6.07) is 0. The van der Waals surface area contributed by atoms with Gasteiger partial charge in [-0.05, 0) is 11.0 Å². The van der Waals surface area contributed by atoms with E-state index in [9.17, 15) is 4.57 Å². The molecule has 0 aromatic rings. The van der Waals surface area contributed by atoms with Crippen molar-refractivity contribution in [2.75, 3.05) is 6.61 Å². The van der Waals surface area contributed by atoms with Crippen LogP contribution in [0.15, 0.2) is 0 Å². The Morgan fingerprint density at radius 1 is 1.06 bits per heavy atom. The molecule has 3 nitrogen and oxygen atoms in total. The first-order valence-electron chi connectivity index (χ1n) is 6.45. The van der Waals surface area contributed by atoms with Crippen molar-refractivity contribution in [2.45, 2.75) is 71.1 Å². The first-order valence-corrected chi connectivity index (χ1v) is 7.70. The standard InChI is InChI=1S/C12H26O3P/c1-3-4-5-6-7-8-9-10-11-15-16(14)12(2)13/h12-13H,3-11H2,1-2H3/q+1. The van der Waals surface area contributed by atoms with Crippen LogP contribution in [0.3, 0.4) is 0 Å². The van der Waals surface area contributed by atoms with Gasteiger partial charge in [-0.15, -0.1) is 4.52 Å². The lowest BCUT2D eigenvalue weighted by Crippen LogP contribution is -1.96. The molecule has 0 aromatic carbocycles. The SMILES string of the molecule is CCCCCCCCCCO[P+](=O)C(C)O. The molecule has 16 heavy (non-hydrogen) atoms. The molecule has 0 spiro atoms. The normalized spacial score (nSPS) is 13.8. The summed E-state index contributed by atoms with van der Waals surface area (Å²) in [5.74, 6) is -0.843. The van der Waals surface area contributed by atoms with E-state index in [0.29, 0.717) is 6.61 Å². The number of rotatable bonds is 11. The van der Waals surface area contributed by atoms with Crippen LogP contribution in [0.4, 0.5) is 0 Å². The minimum atomic E-state index is -1.87. The van der Waals surface area contributed by atoms with Crippen LogP contribution >= 0.6 is 8.03 Å². The highest BCUT2D eigenvalue weighted by atomic mass is 31.1. The van der Waals surface area contributed by atoms with E-state index in [0.717, 1.165) is 12.8 Å². The van der Waals surface area contributed by atoms with Crippen LogP contribution in [-0.4, -0.2) is 17.6 Å². The third-order valence-corrected chi connectivity index (χ3v) is 3.57. The summed E-state index contributed by atoms with van der Waals surface area (Å²) in [7, 11) is -1.87. The zero-order chi connectivity index (χ0) is 12.2. The Kier molecular flexibility index (Phi) is 11.5. The first kappa shape index (κ1) is 16.0. The van der Waals surface area contributed by atoms with Crippen molar-refractivity contribution in [3.8, 4) is 0 Å². The first-order chi connectivity index (χ1) is 7.68. The molecule has 0 aliphatic carbocycles. The number of unbranched alkanes of at least 4 members (excludes halogenated alkanes) is 7. The van der Waals surface area contributed by atoms with E-state index in [1.165, 1.54) is 45.4 Å². The van der Waals surface area contributed by atoms with Gasteiger partial charge in [0.05, 0.1) is 0 Å². The van der Waals surface area contributed by atoms with E-state index < -0.39 is 13.9 Å². The number of hydrogen-bond donors (Lipinski definition) is 1. The molecule has 0 saturated carbocycles. The molecule has 0 saturated heterocycles. The van der Waals surface area contributed by atoms with E-state index in [1.54, 1.807) is 0 Å². The van der Waals surface area contributed by atoms with Gasteiger partial charge in [0.2, 0.25) is 0 Å². The van der Waals surface area contributed by atoms with E-state index in [-0.39, 0.29) is 0 Å². The van der Waals surface area contributed by atoms with Gasteiger partial charge in [-0.2, -0.15) is 0 Å². The van der Waals surface area contributed by atoms with Crippen molar-refractivity contribution in [1.82, 2.24) is 0 Å². The number of hydrogen-bond acceptors (Lipinski definition) is 3. The second-order valence-electron chi connectivity index (χ2n) is 4.23. The van der Waals surface area contributed by atoms with Crippen molar-refractivity contribution >= 4 is 8.03 Å². The van der Waals surface area contributed by atoms with Crippen LogP contribution in [0.2, 0.25) is 0 Å². The highest BCUT2D eigenvalue weighted by Gasteiger charge is 2.24. The van der Waals surface area contributed by atoms with Crippen molar-refractivity contribution in [3.05, 3.63) is 0 Å². The summed E-state index contributed by atoms with van der Waals surface area (Å²) in [6.45, 7) is 4.22. The van der Waals surface area contributed by atoms with Crippen molar-refractivity contribution in [2.24, 2.45) is 0 Å². The molecule has 2 unspecified atom stereocenters. The fourth-order valence-electron chi connectivity index (χ4n) is 1.50. The van der Waals surface area contributed by atoms with Crippen LogP contribution in [0.1, 0.15) is 65.2 Å². The molecule has 0 amide bonds. The minimum absolute atomic E-state index is 0.509. The molecule has 0 fully saturated rings. The van der Waals surface area contributed by atoms with Gasteiger partial charge in [-0.1, -0.05) is 51.9 Å². The zero-order valence-corrected chi connectivity index (χ0v) is 11.5. The van der Waals surface area contributed by atoms with Crippen LogP contribution in [-0.2, 0) is 9.09 Å². The molecule has 1 N–H and O–H groups in total. The lowest BCUT2D eigenvalue weighted by Gasteiger charge is -1.99. The fraction of sp³-hybridized carbons (Fsp3) is 1.00. The Morgan fingerprint density at radius 2 is 1.56 bits per heavy atom. The van der Waals surface area contributed by atoms with Gasteiger partial charge in [0.15, 0.2) is 0 Å². The number of aliphatic hydroxyl groups excluding tert-OH is 1. The highest BCUT2D eigenvalue weighted by molar-refractivity contribution is 7.39. The van der Waals surface area contributed by atoms with Crippen molar-refractivity contribution in [3.63, 3.8) is 0 Å². The molecule has 4 heteroatoms. The summed E-state index contributed by atoms with van der Waals surface area (Å²) in [5.41, 5.74) is 0. The van der Waals surface area contributed by atoms with Crippen molar-refractivity contribution in [1.29, 1.82) is 0 Å². The smallest absolute Gasteiger partial charge is 0.349 e. The lowest BCUT2D eigenvalue weighted by atomic mass is 10.1. The van der Waals surface area contributed by atoms with Crippen LogP contribution in [0.5, 0.6) is 0 Å². The maximum absolute atomic E-state index is 11.0. The van der Waals surface area contributed by atoms with Gasteiger partial charge in [-0.25, -0.2) is 0 Å². The Bertz CT molecular complexity index is 172. The van der Waals surface area contributed by atoms with Crippen LogP contribution < -0.4 is 0 Å². The molecule has 0 radical (unpaired) electrons. The van der Waals surface area contributed by atoms with E-state index in [2.05, 4.69) is 6.92 Å². The summed E-state index contributed by atoms with van der Waals surface area (Å²) in [5, 5.41) is 8.94. The van der Waals surface area contributed by atoms with Gasteiger partial charge in [-0.3, -0.25) is 0 Å². The molecular weight excluding hydrogens is 223 g/mol. The van der Waals surface area contributed by atoms with Gasteiger partial charge in [0.1, 0.15) is 6.61 Å². The third kappa shape index (κ3) is 10.5. The van der Waals surface area contributed by atoms with Gasteiger partial charge < -0.3 is 5.11 Å². The minimum Gasteiger partial charge on any atom is -0.349 e. The Labute approximate surface area is 100 Å². The summed E-state index contributed by atoms with van der Waals surface area (Å²) in [4.78, 5) is 0. The van der Waals surface area contributed by atoms with Gasteiger partial charge in [0, 0.05) is 6.92 Å². The second-order valence-corrected chi connectivity index (χ2v) is 5.80. The maximum atomic E-state index is 11.0. The Hall–Kier alpha value is 0.0200. The average Bonchev–Trinajstić information content (AvgIpc) is 2.26. The predicted molar refractivity (Wildman–Crippen MR) is 67.8 cm³/mol. The molecule has 0 rings (SSSR count). The molecule has 0 aromatic heterocycles. The zero-order valence-electron chi connectivity index (χ0n) is 10.7. The number of aliphatic hydroxyl groups is 1. The maximum Gasteiger partial charge on any atom is 0.539 e. The van der Waals surface area contributed by atoms with Crippen LogP contribution in [0.25, 0.3) is 0 Å². The van der Waals surface area contributed by atoms with Gasteiger partial charge >= 0.3 is 8.03 Å². The third-order valence-electron chi connectivity index (χ3n) is 2.52.